The molecule has 0 spiro atoms. The second kappa shape index (κ2) is 8.71. The molecule has 1 fully saturated rings. The monoisotopic (exact) mass is 429 g/mol. The van der Waals surface area contributed by atoms with E-state index in [-0.39, 0.29) is 11.9 Å². The van der Waals surface area contributed by atoms with Gasteiger partial charge in [0.15, 0.2) is 5.65 Å². The molecule has 0 aromatic carbocycles. The molecule has 3 heterocycles. The van der Waals surface area contributed by atoms with Gasteiger partial charge >= 0.3 is 0 Å². The van der Waals surface area contributed by atoms with E-state index in [1.807, 2.05) is 19.1 Å². The average molecular weight is 430 g/mol. The number of aliphatic hydroxyl groups is 2. The van der Waals surface area contributed by atoms with E-state index >= 15 is 0 Å². The maximum atomic E-state index is 12.3. The highest BCUT2D eigenvalue weighted by Crippen LogP contribution is 2.37. The van der Waals surface area contributed by atoms with Crippen molar-refractivity contribution >= 4 is 34.1 Å². The van der Waals surface area contributed by atoms with Gasteiger partial charge in [-0.2, -0.15) is 0 Å². The Kier molecular flexibility index (Phi) is 6.03. The Morgan fingerprint density at radius 2 is 2.17 bits per heavy atom. The van der Waals surface area contributed by atoms with Crippen LogP contribution in [0.1, 0.15) is 31.2 Å². The molecule has 0 saturated heterocycles. The number of imidazole rings is 1. The Hall–Kier alpha value is -2.49. The van der Waals surface area contributed by atoms with Crippen molar-refractivity contribution in [1.29, 1.82) is 0 Å². The fourth-order valence-corrected chi connectivity index (χ4v) is 5.03. The number of hydrogen-bond acceptors (Lipinski definition) is 7. The van der Waals surface area contributed by atoms with E-state index in [2.05, 4.69) is 39.0 Å². The maximum Gasteiger partial charge on any atom is 0.225 e. The molecule has 0 bridgehead atoms. The molecule has 4 rings (SSSR count). The molecule has 9 heteroatoms. The van der Waals surface area contributed by atoms with Crippen molar-refractivity contribution in [3.8, 4) is 0 Å². The Morgan fingerprint density at radius 3 is 2.90 bits per heavy atom. The van der Waals surface area contributed by atoms with Gasteiger partial charge in [0.25, 0.3) is 0 Å². The minimum absolute atomic E-state index is 0.209. The molecule has 1 amide bonds. The summed E-state index contributed by atoms with van der Waals surface area (Å²) < 4.78 is 1.78. The molecule has 3 aromatic heterocycles. The van der Waals surface area contributed by atoms with Crippen LogP contribution in [0.15, 0.2) is 36.1 Å². The van der Waals surface area contributed by atoms with Crippen LogP contribution in [0.3, 0.4) is 0 Å². The van der Waals surface area contributed by atoms with E-state index in [0.717, 1.165) is 12.1 Å². The van der Waals surface area contributed by atoms with Crippen molar-refractivity contribution < 1.29 is 15.0 Å². The number of rotatable bonds is 7. The van der Waals surface area contributed by atoms with Gasteiger partial charge in [0.1, 0.15) is 11.6 Å². The first-order valence-corrected chi connectivity index (χ1v) is 11.1. The third-order valence-electron chi connectivity index (χ3n) is 5.65. The van der Waals surface area contributed by atoms with Crippen LogP contribution >= 0.6 is 11.3 Å². The number of carbonyl (C=O) groups excluding carboxylic acids is 1. The number of fused-ring (bicyclic) bond motifs is 1. The number of pyridine rings is 1. The SMILES string of the molecule is CCNC(=O)C1CC(n2cnc3c(NC(C)Cc4cccs4)ccnc32)C(O)C1O. The highest BCUT2D eigenvalue weighted by atomic mass is 32.1. The van der Waals surface area contributed by atoms with Crippen molar-refractivity contribution in [2.45, 2.75) is 51.0 Å². The topological polar surface area (TPSA) is 112 Å². The number of carbonyl (C=O) groups is 1. The van der Waals surface area contributed by atoms with Crippen LogP contribution in [-0.2, 0) is 11.2 Å². The molecular weight excluding hydrogens is 402 g/mol. The largest absolute Gasteiger partial charge is 0.390 e. The van der Waals surface area contributed by atoms with Crippen LogP contribution in [0.2, 0.25) is 0 Å². The van der Waals surface area contributed by atoms with Gasteiger partial charge in [-0.1, -0.05) is 6.07 Å². The van der Waals surface area contributed by atoms with Crippen LogP contribution in [-0.4, -0.2) is 55.4 Å². The fourth-order valence-electron chi connectivity index (χ4n) is 4.19. The van der Waals surface area contributed by atoms with E-state index in [0.29, 0.717) is 24.1 Å². The van der Waals surface area contributed by atoms with E-state index < -0.39 is 24.2 Å². The van der Waals surface area contributed by atoms with Crippen LogP contribution in [0.5, 0.6) is 0 Å². The summed E-state index contributed by atoms with van der Waals surface area (Å²) >= 11 is 1.74. The number of nitrogens with zero attached hydrogens (tertiary/aromatic N) is 3. The summed E-state index contributed by atoms with van der Waals surface area (Å²) in [5.41, 5.74) is 2.20. The first-order chi connectivity index (χ1) is 14.5. The van der Waals surface area contributed by atoms with Gasteiger partial charge in [-0.05, 0) is 37.8 Å². The summed E-state index contributed by atoms with van der Waals surface area (Å²) in [6.45, 7) is 4.43. The number of aliphatic hydroxyl groups excluding tert-OH is 2. The molecule has 3 aromatic rings. The standard InChI is InChI=1S/C21H27N5O3S/c1-3-22-21(29)14-10-16(19(28)18(14)27)26-11-24-17-15(6-7-23-20(17)26)25-12(2)9-13-5-4-8-30-13/h4-8,11-12,14,16,18-19,27-28H,3,9-10H2,1-2H3,(H,22,29)(H,23,25). The van der Waals surface area contributed by atoms with Gasteiger partial charge in [-0.25, -0.2) is 9.97 Å². The molecule has 30 heavy (non-hydrogen) atoms. The Morgan fingerprint density at radius 1 is 1.33 bits per heavy atom. The second-order valence-corrected chi connectivity index (χ2v) is 8.83. The van der Waals surface area contributed by atoms with Crippen LogP contribution in [0.4, 0.5) is 5.69 Å². The number of hydrogen-bond donors (Lipinski definition) is 4. The first-order valence-electron chi connectivity index (χ1n) is 10.2. The van der Waals surface area contributed by atoms with Crippen molar-refractivity contribution in [3.63, 3.8) is 0 Å². The Bertz CT molecular complexity index is 1010. The number of aromatic nitrogens is 3. The lowest BCUT2D eigenvalue weighted by Gasteiger charge is -2.18. The first kappa shape index (κ1) is 20.8. The normalized spacial score (nSPS) is 24.8. The van der Waals surface area contributed by atoms with Gasteiger partial charge in [0.2, 0.25) is 5.91 Å². The highest BCUT2D eigenvalue weighted by Gasteiger charge is 2.46. The summed E-state index contributed by atoms with van der Waals surface area (Å²) in [7, 11) is 0. The summed E-state index contributed by atoms with van der Waals surface area (Å²) in [6, 6.07) is 5.80. The minimum Gasteiger partial charge on any atom is -0.390 e. The lowest BCUT2D eigenvalue weighted by molar-refractivity contribution is -0.128. The Balaban J connectivity index is 1.56. The molecule has 4 N–H and O–H groups in total. The average Bonchev–Trinajstić information content (AvgIpc) is 3.44. The predicted molar refractivity (Wildman–Crippen MR) is 116 cm³/mol. The number of thiophene rings is 1. The van der Waals surface area contributed by atoms with Crippen LogP contribution in [0, 0.1) is 5.92 Å². The fraction of sp³-hybridized carbons (Fsp3) is 0.476. The zero-order chi connectivity index (χ0) is 21.3. The minimum atomic E-state index is -1.12. The summed E-state index contributed by atoms with van der Waals surface area (Å²) in [6.07, 6.45) is 2.39. The van der Waals surface area contributed by atoms with Gasteiger partial charge in [0.05, 0.1) is 30.1 Å². The number of anilines is 1. The van der Waals surface area contributed by atoms with E-state index in [4.69, 9.17) is 0 Å². The van der Waals surface area contributed by atoms with Gasteiger partial charge in [-0.15, -0.1) is 11.3 Å². The van der Waals surface area contributed by atoms with Gasteiger partial charge < -0.3 is 25.4 Å². The molecule has 1 saturated carbocycles. The lowest BCUT2D eigenvalue weighted by Crippen LogP contribution is -2.38. The molecule has 1 aliphatic rings. The molecule has 0 aliphatic heterocycles. The van der Waals surface area contributed by atoms with Gasteiger partial charge in [0, 0.05) is 30.1 Å². The Labute approximate surface area is 179 Å². The summed E-state index contributed by atoms with van der Waals surface area (Å²) in [5.74, 6) is -0.900. The van der Waals surface area contributed by atoms with E-state index in [1.54, 1.807) is 28.4 Å². The zero-order valence-electron chi connectivity index (χ0n) is 17.0. The predicted octanol–water partition coefficient (Wildman–Crippen LogP) is 1.95. The smallest absolute Gasteiger partial charge is 0.225 e. The van der Waals surface area contributed by atoms with Crippen molar-refractivity contribution in [2.75, 3.05) is 11.9 Å². The molecule has 5 unspecified atom stereocenters. The van der Waals surface area contributed by atoms with Crippen LogP contribution in [0.25, 0.3) is 11.2 Å². The molecule has 160 valence electrons. The number of amides is 1. The zero-order valence-corrected chi connectivity index (χ0v) is 17.8. The third-order valence-corrected chi connectivity index (χ3v) is 6.55. The highest BCUT2D eigenvalue weighted by molar-refractivity contribution is 7.09. The van der Waals surface area contributed by atoms with E-state index in [1.165, 1.54) is 4.88 Å². The number of nitrogens with one attached hydrogen (secondary N) is 2. The van der Waals surface area contributed by atoms with Crippen molar-refractivity contribution in [3.05, 3.63) is 41.0 Å². The second-order valence-electron chi connectivity index (χ2n) is 7.80. The van der Waals surface area contributed by atoms with Gasteiger partial charge in [-0.3, -0.25) is 4.79 Å². The maximum absolute atomic E-state index is 12.3. The molecule has 0 radical (unpaired) electrons. The molecular formula is C21H27N5O3S. The van der Waals surface area contributed by atoms with E-state index in [9.17, 15) is 15.0 Å². The summed E-state index contributed by atoms with van der Waals surface area (Å²) in [5, 5.41) is 29.3. The molecule has 1 aliphatic carbocycles. The van der Waals surface area contributed by atoms with Crippen LogP contribution < -0.4 is 10.6 Å². The molecule has 8 nitrogen and oxygen atoms in total. The third kappa shape index (κ3) is 3.92. The molecule has 5 atom stereocenters. The van der Waals surface area contributed by atoms with Crippen molar-refractivity contribution in [1.82, 2.24) is 19.9 Å². The lowest BCUT2D eigenvalue weighted by atomic mass is 10.0. The quantitative estimate of drug-likeness (QED) is 0.457. The van der Waals surface area contributed by atoms with Crippen molar-refractivity contribution in [2.24, 2.45) is 5.92 Å². The summed E-state index contributed by atoms with van der Waals surface area (Å²) in [4.78, 5) is 22.6.